The maximum atomic E-state index is 12.8. The van der Waals surface area contributed by atoms with E-state index >= 15 is 0 Å². The number of hydrogen-bond acceptors (Lipinski definition) is 5. The Balaban J connectivity index is 1.71. The number of hydrogen-bond donors (Lipinski definition) is 0. The second kappa shape index (κ2) is 7.88. The van der Waals surface area contributed by atoms with E-state index in [0.29, 0.717) is 25.4 Å². The Morgan fingerprint density at radius 3 is 2.72 bits per heavy atom. The Hall–Kier alpha value is -2.76. The number of ether oxygens (including phenoxy) is 1. The van der Waals surface area contributed by atoms with Gasteiger partial charge in [-0.15, -0.1) is 0 Å². The molecule has 25 heavy (non-hydrogen) atoms. The molecule has 1 aromatic heterocycles. The van der Waals surface area contributed by atoms with Crippen molar-refractivity contribution in [3.8, 4) is 0 Å². The third-order valence-corrected chi connectivity index (χ3v) is 4.25. The predicted molar refractivity (Wildman–Crippen MR) is 91.4 cm³/mol. The molecule has 1 fully saturated rings. The van der Waals surface area contributed by atoms with Crippen molar-refractivity contribution in [3.63, 3.8) is 0 Å². The molecule has 1 amide bonds. The van der Waals surface area contributed by atoms with Crippen LogP contribution in [0.1, 0.15) is 29.4 Å². The van der Waals surface area contributed by atoms with Crippen LogP contribution in [-0.4, -0.2) is 39.9 Å². The first kappa shape index (κ1) is 17.1. The fourth-order valence-corrected chi connectivity index (χ4v) is 2.87. The standard InChI is InChI=1S/C19H21N3O3/c1-2-25-19(24)16-10-15(16)13-22(12-14-6-4-3-5-7-14)18(23)17-11-20-8-9-21-17/h3-9,11,15-16H,2,10,12-13H2,1H3/t15-,16-/m0/s1. The Bertz CT molecular complexity index is 721. The Morgan fingerprint density at radius 1 is 1.24 bits per heavy atom. The number of esters is 1. The first-order valence-corrected chi connectivity index (χ1v) is 8.45. The lowest BCUT2D eigenvalue weighted by Gasteiger charge is -2.22. The third-order valence-electron chi connectivity index (χ3n) is 4.25. The summed E-state index contributed by atoms with van der Waals surface area (Å²) in [4.78, 5) is 34.5. The van der Waals surface area contributed by atoms with Crippen LogP contribution in [0.4, 0.5) is 0 Å². The third kappa shape index (κ3) is 4.41. The summed E-state index contributed by atoms with van der Waals surface area (Å²) in [6, 6.07) is 9.78. The molecule has 0 spiro atoms. The smallest absolute Gasteiger partial charge is 0.309 e. The molecule has 1 heterocycles. The molecule has 130 valence electrons. The SMILES string of the molecule is CCOC(=O)[C@H]1C[C@H]1CN(Cc1ccccc1)C(=O)c1cnccn1. The van der Waals surface area contributed by atoms with Crippen molar-refractivity contribution in [2.45, 2.75) is 19.9 Å². The number of benzene rings is 1. The molecule has 1 aliphatic rings. The van der Waals surface area contributed by atoms with Crippen molar-refractivity contribution in [2.24, 2.45) is 11.8 Å². The molecular weight excluding hydrogens is 318 g/mol. The van der Waals surface area contributed by atoms with Gasteiger partial charge in [0.2, 0.25) is 0 Å². The van der Waals surface area contributed by atoms with Gasteiger partial charge in [-0.05, 0) is 24.8 Å². The monoisotopic (exact) mass is 339 g/mol. The number of carbonyl (C=O) groups excluding carboxylic acids is 2. The van der Waals surface area contributed by atoms with E-state index in [1.165, 1.54) is 18.6 Å². The summed E-state index contributed by atoms with van der Waals surface area (Å²) in [6.07, 6.45) is 5.27. The second-order valence-corrected chi connectivity index (χ2v) is 6.12. The fraction of sp³-hybridized carbons (Fsp3) is 0.368. The molecule has 0 unspecified atom stereocenters. The lowest BCUT2D eigenvalue weighted by atomic mass is 10.2. The first-order chi connectivity index (χ1) is 12.2. The van der Waals surface area contributed by atoms with Crippen LogP contribution in [0.15, 0.2) is 48.9 Å². The van der Waals surface area contributed by atoms with Crippen LogP contribution in [0.3, 0.4) is 0 Å². The molecule has 1 saturated carbocycles. The van der Waals surface area contributed by atoms with Gasteiger partial charge in [-0.3, -0.25) is 14.6 Å². The molecule has 1 aliphatic carbocycles. The number of amides is 1. The molecule has 6 nitrogen and oxygen atoms in total. The number of nitrogens with zero attached hydrogens (tertiary/aromatic N) is 3. The van der Waals surface area contributed by atoms with E-state index < -0.39 is 0 Å². The van der Waals surface area contributed by atoms with E-state index in [-0.39, 0.29) is 23.7 Å². The topological polar surface area (TPSA) is 72.4 Å². The number of rotatable bonds is 7. The average Bonchev–Trinajstić information content (AvgIpc) is 3.42. The van der Waals surface area contributed by atoms with Crippen molar-refractivity contribution in [3.05, 3.63) is 60.2 Å². The van der Waals surface area contributed by atoms with E-state index in [1.54, 1.807) is 11.8 Å². The van der Waals surface area contributed by atoms with Crippen LogP contribution in [-0.2, 0) is 16.1 Å². The van der Waals surface area contributed by atoms with Gasteiger partial charge in [0, 0.05) is 25.5 Å². The van der Waals surface area contributed by atoms with Gasteiger partial charge in [-0.1, -0.05) is 30.3 Å². The molecule has 0 bridgehead atoms. The molecule has 2 atom stereocenters. The molecule has 3 rings (SSSR count). The highest BCUT2D eigenvalue weighted by Crippen LogP contribution is 2.40. The summed E-state index contributed by atoms with van der Waals surface area (Å²) in [6.45, 7) is 3.17. The van der Waals surface area contributed by atoms with Crippen LogP contribution >= 0.6 is 0 Å². The van der Waals surface area contributed by atoms with Gasteiger partial charge in [0.1, 0.15) is 5.69 Å². The average molecular weight is 339 g/mol. The van der Waals surface area contributed by atoms with Gasteiger partial charge in [0.05, 0.1) is 18.7 Å². The van der Waals surface area contributed by atoms with E-state index in [2.05, 4.69) is 9.97 Å². The zero-order chi connectivity index (χ0) is 17.6. The largest absolute Gasteiger partial charge is 0.466 e. The highest BCUT2D eigenvalue weighted by atomic mass is 16.5. The summed E-state index contributed by atoms with van der Waals surface area (Å²) < 4.78 is 5.08. The summed E-state index contributed by atoms with van der Waals surface area (Å²) in [5.41, 5.74) is 1.35. The van der Waals surface area contributed by atoms with Crippen molar-refractivity contribution in [1.82, 2.24) is 14.9 Å². The minimum absolute atomic E-state index is 0.104. The minimum Gasteiger partial charge on any atom is -0.466 e. The van der Waals surface area contributed by atoms with Crippen LogP contribution in [0.25, 0.3) is 0 Å². The second-order valence-electron chi connectivity index (χ2n) is 6.12. The minimum atomic E-state index is -0.175. The Kier molecular flexibility index (Phi) is 5.38. The maximum absolute atomic E-state index is 12.8. The van der Waals surface area contributed by atoms with Crippen molar-refractivity contribution in [1.29, 1.82) is 0 Å². The van der Waals surface area contributed by atoms with E-state index in [0.717, 1.165) is 12.0 Å². The molecular formula is C19H21N3O3. The van der Waals surface area contributed by atoms with Crippen molar-refractivity contribution in [2.75, 3.05) is 13.2 Å². The van der Waals surface area contributed by atoms with E-state index in [4.69, 9.17) is 4.74 Å². The van der Waals surface area contributed by atoms with E-state index in [9.17, 15) is 9.59 Å². The molecule has 0 aliphatic heterocycles. The van der Waals surface area contributed by atoms with E-state index in [1.807, 2.05) is 30.3 Å². The normalized spacial score (nSPS) is 18.4. The zero-order valence-electron chi connectivity index (χ0n) is 14.2. The number of aromatic nitrogens is 2. The van der Waals surface area contributed by atoms with Crippen LogP contribution in [0.5, 0.6) is 0 Å². The maximum Gasteiger partial charge on any atom is 0.309 e. The van der Waals surface area contributed by atoms with Crippen molar-refractivity contribution < 1.29 is 14.3 Å². The van der Waals surface area contributed by atoms with Gasteiger partial charge in [0.25, 0.3) is 5.91 Å². The molecule has 1 aromatic carbocycles. The van der Waals surface area contributed by atoms with Gasteiger partial charge in [0.15, 0.2) is 0 Å². The highest BCUT2D eigenvalue weighted by Gasteiger charge is 2.45. The van der Waals surface area contributed by atoms with Gasteiger partial charge in [-0.2, -0.15) is 0 Å². The quantitative estimate of drug-likeness (QED) is 0.724. The van der Waals surface area contributed by atoms with Crippen LogP contribution < -0.4 is 0 Å². The summed E-state index contributed by atoms with van der Waals surface area (Å²) in [7, 11) is 0. The van der Waals surface area contributed by atoms with Gasteiger partial charge in [-0.25, -0.2) is 4.98 Å². The van der Waals surface area contributed by atoms with Gasteiger partial charge >= 0.3 is 5.97 Å². The molecule has 0 radical (unpaired) electrons. The Labute approximate surface area is 146 Å². The number of carbonyl (C=O) groups is 2. The van der Waals surface area contributed by atoms with Gasteiger partial charge < -0.3 is 9.64 Å². The highest BCUT2D eigenvalue weighted by molar-refractivity contribution is 5.92. The van der Waals surface area contributed by atoms with Crippen molar-refractivity contribution >= 4 is 11.9 Å². The molecule has 6 heteroatoms. The Morgan fingerprint density at radius 2 is 2.04 bits per heavy atom. The molecule has 0 saturated heterocycles. The molecule has 0 N–H and O–H groups in total. The predicted octanol–water partition coefficient (Wildman–Crippen LogP) is 2.32. The lowest BCUT2D eigenvalue weighted by Crippen LogP contribution is -2.33. The molecule has 2 aromatic rings. The van der Waals surface area contributed by atoms with Crippen LogP contribution in [0, 0.1) is 11.8 Å². The summed E-state index contributed by atoms with van der Waals surface area (Å²) >= 11 is 0. The summed E-state index contributed by atoms with van der Waals surface area (Å²) in [5.74, 6) is -0.304. The first-order valence-electron chi connectivity index (χ1n) is 8.45. The van der Waals surface area contributed by atoms with Crippen LogP contribution in [0.2, 0.25) is 0 Å². The lowest BCUT2D eigenvalue weighted by molar-refractivity contribution is -0.145. The summed E-state index contributed by atoms with van der Waals surface area (Å²) in [5, 5.41) is 0. The fourth-order valence-electron chi connectivity index (χ4n) is 2.87. The zero-order valence-corrected chi connectivity index (χ0v) is 14.2.